The highest BCUT2D eigenvalue weighted by Gasteiger charge is 2.27. The number of nitrogens with one attached hydrogen (secondary N) is 1. The van der Waals surface area contributed by atoms with Crippen molar-refractivity contribution in [1.29, 1.82) is 0 Å². The van der Waals surface area contributed by atoms with E-state index >= 15 is 0 Å². The van der Waals surface area contributed by atoms with Crippen LogP contribution in [0.2, 0.25) is 0 Å². The Morgan fingerprint density at radius 3 is 2.38 bits per heavy atom. The van der Waals surface area contributed by atoms with E-state index in [1.807, 2.05) is 13.0 Å². The number of anilines is 1. The molecular weight excluding hydrogens is 470 g/mol. The molecule has 1 N–H and O–H groups in total. The standard InChI is InChI=1S/C25H27N3O4S2/c1-16-14-24(33-18(3)25(30)26-20-8-6-19(7-9-20)17(2)29)27-23-11-10-21(15-22(16)23)34(31,32)28-12-4-5-13-28/h6-11,14-15,18H,4-5,12-13H2,1-3H3,(H,26,30). The number of pyridine rings is 1. The van der Waals surface area contributed by atoms with E-state index in [2.05, 4.69) is 10.3 Å². The summed E-state index contributed by atoms with van der Waals surface area (Å²) in [4.78, 5) is 29.0. The van der Waals surface area contributed by atoms with Crippen molar-refractivity contribution >= 4 is 50.1 Å². The number of nitrogens with zero attached hydrogens (tertiary/aromatic N) is 2. The number of rotatable bonds is 7. The summed E-state index contributed by atoms with van der Waals surface area (Å²) >= 11 is 1.33. The molecule has 178 valence electrons. The van der Waals surface area contributed by atoms with Gasteiger partial charge in [-0.05, 0) is 87.7 Å². The molecule has 34 heavy (non-hydrogen) atoms. The molecule has 3 aromatic rings. The molecule has 0 spiro atoms. The van der Waals surface area contributed by atoms with Crippen LogP contribution in [0, 0.1) is 6.92 Å². The Balaban J connectivity index is 1.49. The molecule has 0 bridgehead atoms. The lowest BCUT2D eigenvalue weighted by Gasteiger charge is -2.16. The van der Waals surface area contributed by atoms with Gasteiger partial charge in [-0.25, -0.2) is 13.4 Å². The fourth-order valence-corrected chi connectivity index (χ4v) is 6.38. The first-order chi connectivity index (χ1) is 16.1. The number of benzene rings is 2. The minimum atomic E-state index is -3.50. The Hall–Kier alpha value is -2.75. The first kappa shape index (κ1) is 24.4. The van der Waals surface area contributed by atoms with Crippen LogP contribution >= 0.6 is 11.8 Å². The zero-order valence-electron chi connectivity index (χ0n) is 19.4. The van der Waals surface area contributed by atoms with Gasteiger partial charge in [0.15, 0.2) is 5.78 Å². The van der Waals surface area contributed by atoms with Crippen molar-refractivity contribution in [3.05, 3.63) is 59.7 Å². The van der Waals surface area contributed by atoms with Gasteiger partial charge in [0.25, 0.3) is 0 Å². The van der Waals surface area contributed by atoms with Crippen molar-refractivity contribution in [1.82, 2.24) is 9.29 Å². The van der Waals surface area contributed by atoms with Crippen molar-refractivity contribution < 1.29 is 18.0 Å². The van der Waals surface area contributed by atoms with E-state index < -0.39 is 15.3 Å². The van der Waals surface area contributed by atoms with Crippen LogP contribution in [0.3, 0.4) is 0 Å². The number of carbonyl (C=O) groups is 2. The normalized spacial score (nSPS) is 15.4. The zero-order chi connectivity index (χ0) is 24.5. The van der Waals surface area contributed by atoms with Gasteiger partial charge < -0.3 is 5.32 Å². The molecule has 9 heteroatoms. The third-order valence-corrected chi connectivity index (χ3v) is 8.80. The summed E-state index contributed by atoms with van der Waals surface area (Å²) in [6, 6.07) is 13.7. The Bertz CT molecular complexity index is 1350. The second-order valence-electron chi connectivity index (χ2n) is 8.45. The van der Waals surface area contributed by atoms with Crippen LogP contribution in [-0.2, 0) is 14.8 Å². The van der Waals surface area contributed by atoms with Crippen LogP contribution in [0.1, 0.15) is 42.6 Å². The monoisotopic (exact) mass is 497 g/mol. The number of Topliss-reactive ketones (excluding diaryl/α,β-unsaturated/α-hetero) is 1. The molecule has 0 radical (unpaired) electrons. The van der Waals surface area contributed by atoms with E-state index in [0.717, 1.165) is 23.8 Å². The third kappa shape index (κ3) is 5.16. The summed E-state index contributed by atoms with van der Waals surface area (Å²) in [5.74, 6) is -0.201. The average Bonchev–Trinajstić information content (AvgIpc) is 3.35. The molecule has 7 nitrogen and oxygen atoms in total. The SMILES string of the molecule is CC(=O)c1ccc(NC(=O)C(C)Sc2cc(C)c3cc(S(=O)(=O)N4CCCC4)ccc3n2)cc1. The van der Waals surface area contributed by atoms with Crippen LogP contribution in [0.25, 0.3) is 10.9 Å². The first-order valence-electron chi connectivity index (χ1n) is 11.2. The number of carbonyl (C=O) groups excluding carboxylic acids is 2. The summed E-state index contributed by atoms with van der Waals surface area (Å²) < 4.78 is 27.4. The molecule has 0 aliphatic carbocycles. The van der Waals surface area contributed by atoms with Crippen LogP contribution in [0.15, 0.2) is 58.5 Å². The second kappa shape index (κ2) is 9.85. The van der Waals surface area contributed by atoms with Gasteiger partial charge in [-0.1, -0.05) is 11.8 Å². The van der Waals surface area contributed by atoms with Crippen molar-refractivity contribution in [2.45, 2.75) is 48.8 Å². The maximum Gasteiger partial charge on any atom is 0.243 e. The maximum absolute atomic E-state index is 12.9. The molecule has 0 saturated carbocycles. The smallest absolute Gasteiger partial charge is 0.243 e. The highest BCUT2D eigenvalue weighted by Crippen LogP contribution is 2.30. The predicted octanol–water partition coefficient (Wildman–Crippen LogP) is 4.65. The van der Waals surface area contributed by atoms with Crippen molar-refractivity contribution in [3.63, 3.8) is 0 Å². The number of thioether (sulfide) groups is 1. The first-order valence-corrected chi connectivity index (χ1v) is 13.5. The van der Waals surface area contributed by atoms with Gasteiger partial charge in [0.2, 0.25) is 15.9 Å². The van der Waals surface area contributed by atoms with Crippen LogP contribution < -0.4 is 5.32 Å². The van der Waals surface area contributed by atoms with Gasteiger partial charge in [0, 0.05) is 29.7 Å². The van der Waals surface area contributed by atoms with Crippen molar-refractivity contribution in [2.24, 2.45) is 0 Å². The largest absolute Gasteiger partial charge is 0.325 e. The van der Waals surface area contributed by atoms with E-state index in [0.29, 0.717) is 34.9 Å². The van der Waals surface area contributed by atoms with Crippen molar-refractivity contribution in [3.8, 4) is 0 Å². The quantitative estimate of drug-likeness (QED) is 0.377. The summed E-state index contributed by atoms with van der Waals surface area (Å²) in [5.41, 5.74) is 2.80. The molecule has 1 unspecified atom stereocenters. The molecule has 1 aliphatic heterocycles. The number of hydrogen-bond acceptors (Lipinski definition) is 6. The minimum absolute atomic E-state index is 0.0275. The Labute approximate surface area is 204 Å². The number of ketones is 1. The van der Waals surface area contributed by atoms with Gasteiger partial charge in [0.05, 0.1) is 20.7 Å². The Morgan fingerprint density at radius 2 is 1.74 bits per heavy atom. The summed E-state index contributed by atoms with van der Waals surface area (Å²) in [7, 11) is -3.50. The van der Waals surface area contributed by atoms with Gasteiger partial charge in [-0.2, -0.15) is 4.31 Å². The summed E-state index contributed by atoms with van der Waals surface area (Å²) in [6.07, 6.45) is 1.78. The molecule has 1 amide bonds. The van der Waals surface area contributed by atoms with E-state index in [1.165, 1.54) is 23.0 Å². The van der Waals surface area contributed by atoms with Gasteiger partial charge in [-0.3, -0.25) is 9.59 Å². The summed E-state index contributed by atoms with van der Waals surface area (Å²) in [5, 5.41) is 3.92. The average molecular weight is 498 g/mol. The number of aryl methyl sites for hydroxylation is 1. The molecule has 4 rings (SSSR count). The zero-order valence-corrected chi connectivity index (χ0v) is 21.0. The number of hydrogen-bond donors (Lipinski definition) is 1. The number of amides is 1. The van der Waals surface area contributed by atoms with E-state index in [9.17, 15) is 18.0 Å². The third-order valence-electron chi connectivity index (χ3n) is 5.89. The van der Waals surface area contributed by atoms with E-state index in [-0.39, 0.29) is 16.6 Å². The van der Waals surface area contributed by atoms with E-state index in [1.54, 1.807) is 49.4 Å². The molecule has 1 fully saturated rings. The van der Waals surface area contributed by atoms with Gasteiger partial charge in [-0.15, -0.1) is 0 Å². The molecule has 1 atom stereocenters. The number of fused-ring (bicyclic) bond motifs is 1. The lowest BCUT2D eigenvalue weighted by Crippen LogP contribution is -2.27. The minimum Gasteiger partial charge on any atom is -0.325 e. The second-order valence-corrected chi connectivity index (χ2v) is 11.7. The van der Waals surface area contributed by atoms with Crippen LogP contribution in [0.4, 0.5) is 5.69 Å². The van der Waals surface area contributed by atoms with E-state index in [4.69, 9.17) is 0 Å². The highest BCUT2D eigenvalue weighted by atomic mass is 32.2. The van der Waals surface area contributed by atoms with Crippen LogP contribution in [0.5, 0.6) is 0 Å². The Kier molecular flexibility index (Phi) is 7.06. The molecule has 2 heterocycles. The lowest BCUT2D eigenvalue weighted by molar-refractivity contribution is -0.115. The van der Waals surface area contributed by atoms with Crippen LogP contribution in [-0.4, -0.2) is 47.7 Å². The summed E-state index contributed by atoms with van der Waals surface area (Å²) in [6.45, 7) is 6.35. The number of aromatic nitrogens is 1. The lowest BCUT2D eigenvalue weighted by atomic mass is 10.1. The molecular formula is C25H27N3O4S2. The topological polar surface area (TPSA) is 96.4 Å². The molecule has 1 aliphatic rings. The fourth-order valence-electron chi connectivity index (χ4n) is 3.91. The van der Waals surface area contributed by atoms with Crippen molar-refractivity contribution in [2.75, 3.05) is 18.4 Å². The molecule has 1 aromatic heterocycles. The number of sulfonamides is 1. The van der Waals surface area contributed by atoms with Gasteiger partial charge in [0.1, 0.15) is 0 Å². The van der Waals surface area contributed by atoms with Gasteiger partial charge >= 0.3 is 0 Å². The molecule has 1 saturated heterocycles. The Morgan fingerprint density at radius 1 is 1.06 bits per heavy atom. The predicted molar refractivity (Wildman–Crippen MR) is 135 cm³/mol. The highest BCUT2D eigenvalue weighted by molar-refractivity contribution is 8.00. The fraction of sp³-hybridized carbons (Fsp3) is 0.320. The maximum atomic E-state index is 12.9. The molecule has 2 aromatic carbocycles.